The Hall–Kier alpha value is -3.47. The van der Waals surface area contributed by atoms with Crippen molar-refractivity contribution in [2.45, 2.75) is 0 Å². The van der Waals surface area contributed by atoms with Gasteiger partial charge in [0, 0.05) is 6.07 Å². The lowest BCUT2D eigenvalue weighted by atomic mass is 10.3. The fourth-order valence-electron chi connectivity index (χ4n) is 1.54. The molecule has 0 spiro atoms. The molecule has 0 saturated heterocycles. The number of rotatable bonds is 7. The van der Waals surface area contributed by atoms with Gasteiger partial charge in [-0.05, 0) is 6.07 Å². The van der Waals surface area contributed by atoms with E-state index in [2.05, 4.69) is 30.4 Å². The number of phosphoric ester groups is 1. The third kappa shape index (κ3) is 3.47. The third-order valence-electron chi connectivity index (χ3n) is 2.44. The fraction of sp³-hybridized carbons (Fsp3) is 0. The highest BCUT2D eigenvalue weighted by Gasteiger charge is 2.38. The molecule has 24 heavy (non-hydrogen) atoms. The number of phosphoric acid groups is 1. The summed E-state index contributed by atoms with van der Waals surface area (Å²) < 4.78 is 27.9. The van der Waals surface area contributed by atoms with Crippen LogP contribution in [-0.2, 0) is 4.57 Å². The molecule has 0 aliphatic rings. The number of benzene rings is 1. The average Bonchev–Trinajstić information content (AvgIpc) is 3.21. The number of para-hydroxylation sites is 2. The van der Waals surface area contributed by atoms with E-state index in [4.69, 9.17) is 13.6 Å². The van der Waals surface area contributed by atoms with Crippen molar-refractivity contribution in [2.75, 3.05) is 0 Å². The maximum atomic E-state index is 12.8. The Labute approximate surface area is 132 Å². The van der Waals surface area contributed by atoms with Crippen LogP contribution in [0.5, 0.6) is 17.8 Å². The van der Waals surface area contributed by atoms with Crippen LogP contribution < -0.4 is 13.6 Å². The van der Waals surface area contributed by atoms with Gasteiger partial charge in [0.25, 0.3) is 0 Å². The van der Waals surface area contributed by atoms with Gasteiger partial charge in [0.1, 0.15) is 12.7 Å². The van der Waals surface area contributed by atoms with Gasteiger partial charge in [0.2, 0.25) is 5.75 Å². The van der Waals surface area contributed by atoms with Gasteiger partial charge in [-0.25, -0.2) is 0 Å². The number of nitrogens with one attached hydrogen (secondary N) is 2. The Bertz CT molecular complexity index is 827. The first-order chi connectivity index (χ1) is 11.6. The fourth-order valence-corrected chi connectivity index (χ4v) is 2.63. The monoisotopic (exact) mass is 353 g/mol. The summed E-state index contributed by atoms with van der Waals surface area (Å²) in [7, 11) is -4.48. The third-order valence-corrected chi connectivity index (χ3v) is 3.64. The molecule has 0 bridgehead atoms. The Morgan fingerprint density at radius 3 is 2.08 bits per heavy atom. The van der Waals surface area contributed by atoms with E-state index in [1.54, 1.807) is 0 Å². The second-order valence-electron chi connectivity index (χ2n) is 4.01. The molecule has 13 nitrogen and oxygen atoms in total. The molecule has 3 aromatic rings. The summed E-state index contributed by atoms with van der Waals surface area (Å²) >= 11 is 0. The number of hydrogen-bond acceptors (Lipinski definition) is 10. The molecule has 0 atom stereocenters. The van der Waals surface area contributed by atoms with Gasteiger partial charge in [-0.3, -0.25) is 20.3 Å². The highest BCUT2D eigenvalue weighted by atomic mass is 31.2. The molecule has 2 heterocycles. The SMILES string of the molecule is O=[N+]([O-])c1ccccc1OP(=O)(Oc1nc[nH]n1)Oc1nc[nH]n1. The lowest BCUT2D eigenvalue weighted by Crippen LogP contribution is -2.10. The van der Waals surface area contributed by atoms with Gasteiger partial charge < -0.3 is 13.6 Å². The molecule has 0 unspecified atom stereocenters. The summed E-state index contributed by atoms with van der Waals surface area (Å²) in [5, 5.41) is 22.8. The molecule has 2 aromatic heterocycles. The van der Waals surface area contributed by atoms with Crippen LogP contribution in [0.4, 0.5) is 5.69 Å². The van der Waals surface area contributed by atoms with Crippen LogP contribution in [0.3, 0.4) is 0 Å². The molecular formula is C10H8N7O6P. The first-order valence-electron chi connectivity index (χ1n) is 6.19. The Morgan fingerprint density at radius 1 is 1.00 bits per heavy atom. The molecule has 0 aliphatic heterocycles. The van der Waals surface area contributed by atoms with Gasteiger partial charge >= 0.3 is 25.5 Å². The van der Waals surface area contributed by atoms with Crippen LogP contribution in [0.2, 0.25) is 0 Å². The zero-order valence-corrected chi connectivity index (χ0v) is 12.5. The van der Waals surface area contributed by atoms with Gasteiger partial charge in [-0.2, -0.15) is 14.5 Å². The second-order valence-corrected chi connectivity index (χ2v) is 5.45. The molecule has 1 aromatic carbocycles. The zero-order valence-electron chi connectivity index (χ0n) is 11.6. The van der Waals surface area contributed by atoms with Crippen molar-refractivity contribution < 1.29 is 23.1 Å². The van der Waals surface area contributed by atoms with Crippen molar-refractivity contribution in [3.63, 3.8) is 0 Å². The zero-order chi connectivity index (χ0) is 17.0. The van der Waals surface area contributed by atoms with Gasteiger partial charge in [0.15, 0.2) is 0 Å². The maximum Gasteiger partial charge on any atom is 0.652 e. The van der Waals surface area contributed by atoms with Crippen molar-refractivity contribution >= 4 is 13.5 Å². The van der Waals surface area contributed by atoms with Crippen LogP contribution in [0, 0.1) is 10.1 Å². The standard InChI is InChI=1S/C10H8N7O6P/c18-17(19)7-3-1-2-4-8(7)21-24(20,22-9-11-5-13-15-9)23-10-12-6-14-16-10/h1-6H,(H,11,13,15)(H,12,14,16). The summed E-state index contributed by atoms with van der Waals surface area (Å²) in [6, 6.07) is 4.56. The van der Waals surface area contributed by atoms with E-state index in [-0.39, 0.29) is 17.8 Å². The van der Waals surface area contributed by atoms with Crippen molar-refractivity contribution in [1.29, 1.82) is 0 Å². The van der Waals surface area contributed by atoms with Gasteiger partial charge in [-0.15, -0.1) is 10.2 Å². The van der Waals surface area contributed by atoms with E-state index >= 15 is 0 Å². The predicted octanol–water partition coefficient (Wildman–Crippen LogP) is 1.48. The molecule has 124 valence electrons. The van der Waals surface area contributed by atoms with E-state index in [0.29, 0.717) is 0 Å². The summed E-state index contributed by atoms with van der Waals surface area (Å²) in [6.45, 7) is 0. The predicted molar refractivity (Wildman–Crippen MR) is 75.4 cm³/mol. The molecule has 3 rings (SSSR count). The first-order valence-corrected chi connectivity index (χ1v) is 7.65. The lowest BCUT2D eigenvalue weighted by molar-refractivity contribution is -0.385. The summed E-state index contributed by atoms with van der Waals surface area (Å²) in [4.78, 5) is 17.6. The molecule has 0 saturated carbocycles. The van der Waals surface area contributed by atoms with Crippen molar-refractivity contribution in [1.82, 2.24) is 30.4 Å². The molecular weight excluding hydrogens is 345 g/mol. The van der Waals surface area contributed by atoms with Gasteiger partial charge in [0.05, 0.1) is 4.92 Å². The van der Waals surface area contributed by atoms with E-state index in [1.807, 2.05) is 0 Å². The minimum atomic E-state index is -4.48. The number of aromatic amines is 2. The molecule has 0 aliphatic carbocycles. The van der Waals surface area contributed by atoms with Crippen LogP contribution in [0.15, 0.2) is 36.9 Å². The summed E-state index contributed by atoms with van der Waals surface area (Å²) in [5.74, 6) is -0.336. The van der Waals surface area contributed by atoms with Crippen LogP contribution in [-0.4, -0.2) is 35.3 Å². The molecule has 0 fully saturated rings. The summed E-state index contributed by atoms with van der Waals surface area (Å²) in [5.41, 5.74) is -0.435. The number of hydrogen-bond donors (Lipinski definition) is 2. The second kappa shape index (κ2) is 6.34. The Kier molecular flexibility index (Phi) is 4.07. The molecule has 14 heteroatoms. The van der Waals surface area contributed by atoms with Crippen molar-refractivity contribution in [3.8, 4) is 17.8 Å². The van der Waals surface area contributed by atoms with E-state index in [9.17, 15) is 14.7 Å². The minimum Gasteiger partial charge on any atom is -0.378 e. The first kappa shape index (κ1) is 15.4. The Balaban J connectivity index is 1.93. The Morgan fingerprint density at radius 2 is 1.58 bits per heavy atom. The molecule has 0 amide bonds. The van der Waals surface area contributed by atoms with Crippen molar-refractivity contribution in [3.05, 3.63) is 47.0 Å². The minimum absolute atomic E-state index is 0.336. The van der Waals surface area contributed by atoms with Crippen molar-refractivity contribution in [2.24, 2.45) is 0 Å². The highest BCUT2D eigenvalue weighted by Crippen LogP contribution is 2.49. The number of H-pyrrole nitrogens is 2. The van der Waals surface area contributed by atoms with Crippen LogP contribution in [0.25, 0.3) is 0 Å². The normalized spacial score (nSPS) is 11.0. The van der Waals surface area contributed by atoms with E-state index in [1.165, 1.54) is 24.3 Å². The van der Waals surface area contributed by atoms with Gasteiger partial charge in [-0.1, -0.05) is 12.1 Å². The van der Waals surface area contributed by atoms with E-state index in [0.717, 1.165) is 12.7 Å². The lowest BCUT2D eigenvalue weighted by Gasteiger charge is -2.15. The number of nitro groups is 1. The number of aromatic nitrogens is 6. The maximum absolute atomic E-state index is 12.8. The topological polar surface area (TPSA) is 171 Å². The quantitative estimate of drug-likeness (QED) is 0.360. The van der Waals surface area contributed by atoms with E-state index < -0.39 is 18.4 Å². The smallest absolute Gasteiger partial charge is 0.378 e. The molecule has 2 N–H and O–H groups in total. The molecule has 0 radical (unpaired) electrons. The number of nitro benzene ring substituents is 1. The summed E-state index contributed by atoms with van der Waals surface area (Å²) in [6.07, 6.45) is 2.33. The number of nitrogens with zero attached hydrogens (tertiary/aromatic N) is 5. The highest BCUT2D eigenvalue weighted by molar-refractivity contribution is 7.49. The van der Waals surface area contributed by atoms with Crippen LogP contribution in [0.1, 0.15) is 0 Å². The van der Waals surface area contributed by atoms with Crippen LogP contribution >= 0.6 is 7.82 Å². The largest absolute Gasteiger partial charge is 0.652 e. The average molecular weight is 353 g/mol.